The zero-order chi connectivity index (χ0) is 13.1. The van der Waals surface area contributed by atoms with Gasteiger partial charge in [0.15, 0.2) is 0 Å². The Labute approximate surface area is 102 Å². The number of hydrogen-bond donors (Lipinski definition) is 1. The quantitative estimate of drug-likeness (QED) is 0.891. The lowest BCUT2D eigenvalue weighted by atomic mass is 10.0. The summed E-state index contributed by atoms with van der Waals surface area (Å²) in [6.45, 7) is 5.57. The molecule has 0 aromatic heterocycles. The average Bonchev–Trinajstić information content (AvgIpc) is 2.28. The lowest BCUT2D eigenvalue weighted by Gasteiger charge is -2.24. The third-order valence-corrected chi connectivity index (χ3v) is 4.30. The van der Waals surface area contributed by atoms with E-state index in [9.17, 15) is 8.42 Å². The van der Waals surface area contributed by atoms with E-state index in [-0.39, 0.29) is 4.90 Å². The van der Waals surface area contributed by atoms with Crippen LogP contribution in [0.2, 0.25) is 0 Å². The third kappa shape index (κ3) is 3.55. The summed E-state index contributed by atoms with van der Waals surface area (Å²) in [5, 5.41) is 8.64. The minimum absolute atomic E-state index is 0.179. The minimum atomic E-state index is -3.51. The Hall–Kier alpha value is -1.38. The van der Waals surface area contributed by atoms with E-state index in [0.29, 0.717) is 12.0 Å². The van der Waals surface area contributed by atoms with Crippen LogP contribution in [0.15, 0.2) is 29.2 Å². The molecule has 0 fully saturated rings. The second kappa shape index (κ2) is 4.86. The molecule has 0 aliphatic carbocycles. The van der Waals surface area contributed by atoms with Crippen LogP contribution in [0.3, 0.4) is 0 Å². The second-order valence-corrected chi connectivity index (χ2v) is 6.16. The standard InChI is InChI=1S/C12H16N2O2S/c1-4-12(2,3)14-17(15,16)11-7-5-10(9-13)6-8-11/h5-8,14H,4H2,1-3H3. The van der Waals surface area contributed by atoms with Crippen molar-refractivity contribution in [1.29, 1.82) is 5.26 Å². The van der Waals surface area contributed by atoms with Crippen molar-refractivity contribution in [1.82, 2.24) is 4.72 Å². The van der Waals surface area contributed by atoms with E-state index in [1.54, 1.807) is 0 Å². The summed E-state index contributed by atoms with van der Waals surface area (Å²) in [5.41, 5.74) is -0.0362. The fourth-order valence-corrected chi connectivity index (χ4v) is 2.69. The predicted octanol–water partition coefficient (Wildman–Crippen LogP) is 2.03. The molecule has 1 rings (SSSR count). The topological polar surface area (TPSA) is 70.0 Å². The molecule has 0 saturated carbocycles. The SMILES string of the molecule is CCC(C)(C)NS(=O)(=O)c1ccc(C#N)cc1. The number of nitrogens with zero attached hydrogens (tertiary/aromatic N) is 1. The molecule has 0 spiro atoms. The van der Waals surface area contributed by atoms with Crippen LogP contribution in [-0.4, -0.2) is 14.0 Å². The summed E-state index contributed by atoms with van der Waals surface area (Å²) >= 11 is 0. The molecule has 0 aliphatic rings. The summed E-state index contributed by atoms with van der Waals surface area (Å²) in [4.78, 5) is 0.179. The van der Waals surface area contributed by atoms with Gasteiger partial charge < -0.3 is 0 Å². The van der Waals surface area contributed by atoms with Crippen molar-refractivity contribution in [2.45, 2.75) is 37.6 Å². The monoisotopic (exact) mass is 252 g/mol. The number of benzene rings is 1. The van der Waals surface area contributed by atoms with E-state index >= 15 is 0 Å². The van der Waals surface area contributed by atoms with Crippen LogP contribution in [-0.2, 0) is 10.0 Å². The highest BCUT2D eigenvalue weighted by Gasteiger charge is 2.24. The molecular formula is C12H16N2O2S. The van der Waals surface area contributed by atoms with Gasteiger partial charge in [0, 0.05) is 5.54 Å². The lowest BCUT2D eigenvalue weighted by molar-refractivity contribution is 0.439. The van der Waals surface area contributed by atoms with E-state index in [1.807, 2.05) is 26.8 Å². The molecule has 0 amide bonds. The number of nitriles is 1. The van der Waals surface area contributed by atoms with E-state index in [0.717, 1.165) is 0 Å². The van der Waals surface area contributed by atoms with Gasteiger partial charge in [-0.3, -0.25) is 0 Å². The summed E-state index contributed by atoms with van der Waals surface area (Å²) < 4.78 is 26.6. The van der Waals surface area contributed by atoms with E-state index < -0.39 is 15.6 Å². The van der Waals surface area contributed by atoms with Crippen LogP contribution in [0.4, 0.5) is 0 Å². The Bertz CT molecular complexity index is 525. The Balaban J connectivity index is 3.02. The summed E-state index contributed by atoms with van der Waals surface area (Å²) in [6, 6.07) is 7.81. The number of hydrogen-bond acceptors (Lipinski definition) is 3. The largest absolute Gasteiger partial charge is 0.241 e. The molecule has 0 unspecified atom stereocenters. The maximum absolute atomic E-state index is 12.0. The molecule has 1 aromatic carbocycles. The Morgan fingerprint density at radius 3 is 2.24 bits per heavy atom. The van der Waals surface area contributed by atoms with Crippen LogP contribution in [0, 0.1) is 11.3 Å². The first kappa shape index (κ1) is 13.7. The molecule has 0 atom stereocenters. The Kier molecular flexibility index (Phi) is 3.91. The first-order valence-corrected chi connectivity index (χ1v) is 6.83. The average molecular weight is 252 g/mol. The van der Waals surface area contributed by atoms with Gasteiger partial charge in [-0.05, 0) is 44.5 Å². The van der Waals surface area contributed by atoms with Crippen LogP contribution < -0.4 is 4.72 Å². The van der Waals surface area contributed by atoms with Crippen molar-refractivity contribution < 1.29 is 8.42 Å². The van der Waals surface area contributed by atoms with Gasteiger partial charge in [0.05, 0.1) is 16.5 Å². The van der Waals surface area contributed by atoms with Crippen molar-refractivity contribution in [3.63, 3.8) is 0 Å². The lowest BCUT2D eigenvalue weighted by Crippen LogP contribution is -2.42. The van der Waals surface area contributed by atoms with E-state index in [4.69, 9.17) is 5.26 Å². The smallest absolute Gasteiger partial charge is 0.207 e. The Morgan fingerprint density at radius 2 is 1.82 bits per heavy atom. The molecule has 0 bridgehead atoms. The molecule has 1 aromatic rings. The maximum atomic E-state index is 12.0. The number of sulfonamides is 1. The van der Waals surface area contributed by atoms with Crippen LogP contribution in [0.25, 0.3) is 0 Å². The first-order valence-electron chi connectivity index (χ1n) is 5.35. The van der Waals surface area contributed by atoms with Gasteiger partial charge in [-0.15, -0.1) is 0 Å². The molecule has 92 valence electrons. The van der Waals surface area contributed by atoms with Crippen LogP contribution in [0.5, 0.6) is 0 Å². The highest BCUT2D eigenvalue weighted by molar-refractivity contribution is 7.89. The molecule has 0 radical (unpaired) electrons. The summed E-state index contributed by atoms with van der Waals surface area (Å²) in [5.74, 6) is 0. The van der Waals surface area contributed by atoms with Crippen molar-refractivity contribution in [2.75, 3.05) is 0 Å². The molecular weight excluding hydrogens is 236 g/mol. The minimum Gasteiger partial charge on any atom is -0.207 e. The molecule has 0 heterocycles. The molecule has 5 heteroatoms. The van der Waals surface area contributed by atoms with Gasteiger partial charge in [0.25, 0.3) is 0 Å². The fourth-order valence-electron chi connectivity index (χ4n) is 1.20. The molecule has 1 N–H and O–H groups in total. The van der Waals surface area contributed by atoms with Gasteiger partial charge in [-0.25, -0.2) is 13.1 Å². The van der Waals surface area contributed by atoms with Crippen molar-refractivity contribution in [3.8, 4) is 6.07 Å². The third-order valence-electron chi connectivity index (χ3n) is 2.59. The van der Waals surface area contributed by atoms with E-state index in [1.165, 1.54) is 24.3 Å². The second-order valence-electron chi connectivity index (χ2n) is 4.48. The number of rotatable bonds is 4. The van der Waals surface area contributed by atoms with Crippen LogP contribution in [0.1, 0.15) is 32.8 Å². The highest BCUT2D eigenvalue weighted by atomic mass is 32.2. The molecule has 17 heavy (non-hydrogen) atoms. The van der Waals surface area contributed by atoms with Crippen molar-refractivity contribution in [2.24, 2.45) is 0 Å². The zero-order valence-electron chi connectivity index (χ0n) is 10.2. The molecule has 0 saturated heterocycles. The predicted molar refractivity (Wildman–Crippen MR) is 65.8 cm³/mol. The van der Waals surface area contributed by atoms with Gasteiger partial charge >= 0.3 is 0 Å². The highest BCUT2D eigenvalue weighted by Crippen LogP contribution is 2.15. The Morgan fingerprint density at radius 1 is 1.29 bits per heavy atom. The van der Waals surface area contributed by atoms with E-state index in [2.05, 4.69) is 4.72 Å². The zero-order valence-corrected chi connectivity index (χ0v) is 11.0. The fraction of sp³-hybridized carbons (Fsp3) is 0.417. The van der Waals surface area contributed by atoms with Gasteiger partial charge in [-0.2, -0.15) is 5.26 Å². The first-order chi connectivity index (χ1) is 7.80. The van der Waals surface area contributed by atoms with Crippen molar-refractivity contribution >= 4 is 10.0 Å². The molecule has 4 nitrogen and oxygen atoms in total. The van der Waals surface area contributed by atoms with Gasteiger partial charge in [0.2, 0.25) is 10.0 Å². The summed E-state index contributed by atoms with van der Waals surface area (Å²) in [7, 11) is -3.51. The van der Waals surface area contributed by atoms with Gasteiger partial charge in [-0.1, -0.05) is 6.92 Å². The normalized spacial score (nSPS) is 12.1. The number of nitrogens with one attached hydrogen (secondary N) is 1. The van der Waals surface area contributed by atoms with Crippen molar-refractivity contribution in [3.05, 3.63) is 29.8 Å². The summed E-state index contributed by atoms with van der Waals surface area (Å²) in [6.07, 6.45) is 0.697. The van der Waals surface area contributed by atoms with Crippen LogP contribution >= 0.6 is 0 Å². The maximum Gasteiger partial charge on any atom is 0.241 e. The molecule has 0 aliphatic heterocycles. The van der Waals surface area contributed by atoms with Gasteiger partial charge in [0.1, 0.15) is 0 Å².